The number of halogens is 1. The van der Waals surface area contributed by atoms with E-state index in [4.69, 9.17) is 16.3 Å². The van der Waals surface area contributed by atoms with Crippen molar-refractivity contribution in [1.29, 1.82) is 0 Å². The lowest BCUT2D eigenvalue weighted by Crippen LogP contribution is -1.97. The van der Waals surface area contributed by atoms with Gasteiger partial charge in [-0.2, -0.15) is 0 Å². The molecule has 0 radical (unpaired) electrons. The van der Waals surface area contributed by atoms with E-state index in [-0.39, 0.29) is 4.90 Å². The number of hydrogen-bond acceptors (Lipinski definition) is 4. The molecule has 4 rings (SSSR count). The summed E-state index contributed by atoms with van der Waals surface area (Å²) < 4.78 is 29.6. The third-order valence-electron chi connectivity index (χ3n) is 4.63. The van der Waals surface area contributed by atoms with Gasteiger partial charge < -0.3 is 4.74 Å². The fourth-order valence-corrected chi connectivity index (χ4v) is 4.21. The van der Waals surface area contributed by atoms with E-state index in [1.165, 1.54) is 12.1 Å². The highest BCUT2D eigenvalue weighted by atomic mass is 35.5. The zero-order valence-corrected chi connectivity index (χ0v) is 17.5. The van der Waals surface area contributed by atoms with Crippen molar-refractivity contribution in [2.75, 3.05) is 6.26 Å². The van der Waals surface area contributed by atoms with Crippen LogP contribution in [0.5, 0.6) is 11.5 Å². The maximum Gasteiger partial charge on any atom is 0.175 e. The number of hydrogen-bond donors (Lipinski definition) is 0. The van der Waals surface area contributed by atoms with Gasteiger partial charge in [-0.15, -0.1) is 0 Å². The molecular weight excluding hydrogens is 406 g/mol. The minimum atomic E-state index is -3.39. The summed E-state index contributed by atoms with van der Waals surface area (Å²) in [7, 11) is -3.39. The number of rotatable bonds is 4. The van der Waals surface area contributed by atoms with Crippen molar-refractivity contribution in [3.05, 3.63) is 83.5 Å². The molecule has 0 fully saturated rings. The van der Waals surface area contributed by atoms with Crippen molar-refractivity contribution < 1.29 is 13.2 Å². The van der Waals surface area contributed by atoms with Gasteiger partial charge in [0.2, 0.25) is 0 Å². The Balaban J connectivity index is 1.75. The molecule has 4 aromatic rings. The van der Waals surface area contributed by atoms with E-state index in [0.29, 0.717) is 16.5 Å². The van der Waals surface area contributed by atoms with Crippen molar-refractivity contribution in [3.63, 3.8) is 0 Å². The molecule has 146 valence electrons. The highest BCUT2D eigenvalue weighted by Crippen LogP contribution is 2.33. The van der Waals surface area contributed by atoms with Gasteiger partial charge >= 0.3 is 0 Å². The summed E-state index contributed by atoms with van der Waals surface area (Å²) in [5.74, 6) is 0.951. The van der Waals surface area contributed by atoms with Crippen LogP contribution in [0.2, 0.25) is 5.02 Å². The van der Waals surface area contributed by atoms with Gasteiger partial charge in [-0.1, -0.05) is 41.9 Å². The molecule has 0 N–H and O–H groups in total. The zero-order chi connectivity index (χ0) is 20.6. The molecule has 29 heavy (non-hydrogen) atoms. The van der Waals surface area contributed by atoms with Crippen molar-refractivity contribution in [2.24, 2.45) is 0 Å². The summed E-state index contributed by atoms with van der Waals surface area (Å²) in [6.07, 6.45) is 2.94. The minimum Gasteiger partial charge on any atom is -0.457 e. The van der Waals surface area contributed by atoms with E-state index in [0.717, 1.165) is 33.8 Å². The fraction of sp³-hybridized carbons (Fsp3) is 0.0870. The average molecular weight is 424 g/mol. The van der Waals surface area contributed by atoms with Crippen molar-refractivity contribution in [1.82, 2.24) is 4.98 Å². The summed E-state index contributed by atoms with van der Waals surface area (Å²) >= 11 is 6.08. The highest BCUT2D eigenvalue weighted by Gasteiger charge is 2.12. The smallest absolute Gasteiger partial charge is 0.175 e. The Kier molecular flexibility index (Phi) is 5.03. The van der Waals surface area contributed by atoms with Crippen LogP contribution < -0.4 is 4.74 Å². The van der Waals surface area contributed by atoms with Crippen LogP contribution in [-0.4, -0.2) is 19.7 Å². The first-order valence-electron chi connectivity index (χ1n) is 8.94. The molecule has 0 saturated carbocycles. The van der Waals surface area contributed by atoms with Crippen LogP contribution in [0.3, 0.4) is 0 Å². The summed E-state index contributed by atoms with van der Waals surface area (Å²) in [6.45, 7) is 2.04. The first-order valence-corrected chi connectivity index (χ1v) is 11.2. The van der Waals surface area contributed by atoms with Gasteiger partial charge in [0.05, 0.1) is 10.4 Å². The molecule has 3 aromatic carbocycles. The van der Waals surface area contributed by atoms with Crippen LogP contribution in [0.4, 0.5) is 0 Å². The molecular formula is C23H18ClNO3S. The Hall–Kier alpha value is -2.89. The summed E-state index contributed by atoms with van der Waals surface area (Å²) in [4.78, 5) is 4.61. The molecule has 0 aliphatic heterocycles. The zero-order valence-electron chi connectivity index (χ0n) is 15.9. The van der Waals surface area contributed by atoms with Crippen LogP contribution in [0.1, 0.15) is 5.56 Å². The van der Waals surface area contributed by atoms with Crippen LogP contribution in [0.15, 0.2) is 77.8 Å². The van der Waals surface area contributed by atoms with Gasteiger partial charge in [0.15, 0.2) is 9.84 Å². The quantitative estimate of drug-likeness (QED) is 0.400. The lowest BCUT2D eigenvalue weighted by molar-refractivity contribution is 0.481. The van der Waals surface area contributed by atoms with E-state index in [1.807, 2.05) is 55.5 Å². The second-order valence-corrected chi connectivity index (χ2v) is 9.31. The van der Waals surface area contributed by atoms with E-state index in [2.05, 4.69) is 4.98 Å². The first kappa shape index (κ1) is 19.4. The molecule has 0 aliphatic carbocycles. The maximum atomic E-state index is 11.9. The average Bonchev–Trinajstić information content (AvgIpc) is 2.67. The largest absolute Gasteiger partial charge is 0.457 e. The van der Waals surface area contributed by atoms with E-state index < -0.39 is 9.84 Å². The Bertz CT molecular complexity index is 1330. The van der Waals surface area contributed by atoms with Crippen molar-refractivity contribution >= 4 is 32.3 Å². The number of nitrogens with zero attached hydrogens (tertiary/aromatic N) is 1. The SMILES string of the molecule is Cc1cccc2c(-c3cccc(Oc4cc(Cl)cc(S(C)(=O)=O)c4)c3)ccnc12. The number of fused-ring (bicyclic) bond motifs is 1. The Morgan fingerprint density at radius 2 is 1.72 bits per heavy atom. The normalized spacial score (nSPS) is 11.6. The second kappa shape index (κ2) is 7.50. The summed E-state index contributed by atoms with van der Waals surface area (Å²) in [6, 6.07) is 20.2. The molecule has 0 atom stereocenters. The molecule has 0 amide bonds. The van der Waals surface area contributed by atoms with Crippen molar-refractivity contribution in [3.8, 4) is 22.6 Å². The molecule has 0 unspecified atom stereocenters. The van der Waals surface area contributed by atoms with Gasteiger partial charge in [-0.05, 0) is 60.0 Å². The highest BCUT2D eigenvalue weighted by molar-refractivity contribution is 7.90. The predicted molar refractivity (Wildman–Crippen MR) is 117 cm³/mol. The lowest BCUT2D eigenvalue weighted by Gasteiger charge is -2.11. The standard InChI is InChI=1S/C23H18ClNO3S/c1-15-5-3-8-22-21(9-10-25-23(15)22)16-6-4-7-18(11-16)28-19-12-17(24)13-20(14-19)29(2,26)27/h3-14H,1-2H3. The third kappa shape index (κ3) is 4.11. The van der Waals surface area contributed by atoms with Crippen molar-refractivity contribution in [2.45, 2.75) is 11.8 Å². The molecule has 4 nitrogen and oxygen atoms in total. The van der Waals surface area contributed by atoms with Gasteiger partial charge in [0, 0.05) is 22.9 Å². The molecule has 1 heterocycles. The van der Waals surface area contributed by atoms with Gasteiger partial charge in [0.1, 0.15) is 11.5 Å². The van der Waals surface area contributed by atoms with Gasteiger partial charge in [-0.25, -0.2) is 8.42 Å². The topological polar surface area (TPSA) is 56.3 Å². The van der Waals surface area contributed by atoms with Gasteiger partial charge in [-0.3, -0.25) is 4.98 Å². The lowest BCUT2D eigenvalue weighted by atomic mass is 9.99. The number of para-hydroxylation sites is 1. The Labute approximate surface area is 174 Å². The van der Waals surface area contributed by atoms with E-state index >= 15 is 0 Å². The van der Waals surface area contributed by atoms with E-state index in [9.17, 15) is 8.42 Å². The molecule has 0 aliphatic rings. The monoisotopic (exact) mass is 423 g/mol. The third-order valence-corrected chi connectivity index (χ3v) is 5.94. The molecule has 0 saturated heterocycles. The minimum absolute atomic E-state index is 0.117. The first-order chi connectivity index (χ1) is 13.8. The number of pyridine rings is 1. The Morgan fingerprint density at radius 3 is 2.52 bits per heavy atom. The summed E-state index contributed by atoms with van der Waals surface area (Å²) in [5.41, 5.74) is 4.10. The molecule has 6 heteroatoms. The van der Waals surface area contributed by atoms with E-state index in [1.54, 1.807) is 12.3 Å². The number of aromatic nitrogens is 1. The van der Waals surface area contributed by atoms with Crippen LogP contribution in [0, 0.1) is 6.92 Å². The number of sulfone groups is 1. The number of benzene rings is 3. The van der Waals surface area contributed by atoms with Crippen LogP contribution >= 0.6 is 11.6 Å². The van der Waals surface area contributed by atoms with Crippen LogP contribution in [-0.2, 0) is 9.84 Å². The molecule has 1 aromatic heterocycles. The number of aryl methyl sites for hydroxylation is 1. The summed E-state index contributed by atoms with van der Waals surface area (Å²) in [5, 5.41) is 1.36. The predicted octanol–water partition coefficient (Wildman–Crippen LogP) is 6.06. The van der Waals surface area contributed by atoms with Gasteiger partial charge in [0.25, 0.3) is 0 Å². The maximum absolute atomic E-state index is 11.9. The fourth-order valence-electron chi connectivity index (χ4n) is 3.25. The number of ether oxygens (including phenoxy) is 1. The second-order valence-electron chi connectivity index (χ2n) is 6.85. The molecule has 0 spiro atoms. The molecule has 0 bridgehead atoms. The van der Waals surface area contributed by atoms with Crippen LogP contribution in [0.25, 0.3) is 22.0 Å². The Morgan fingerprint density at radius 1 is 0.931 bits per heavy atom.